The molecule has 3 amide bonds. The quantitative estimate of drug-likeness (QED) is 0.822. The summed E-state index contributed by atoms with van der Waals surface area (Å²) in [5, 5.41) is 2.91. The number of halogens is 1. The first-order valence-corrected chi connectivity index (χ1v) is 9.31. The van der Waals surface area contributed by atoms with Gasteiger partial charge in [-0.25, -0.2) is 4.79 Å². The van der Waals surface area contributed by atoms with Crippen LogP contribution in [0.2, 0.25) is 0 Å². The molecule has 2 aromatic rings. The van der Waals surface area contributed by atoms with Crippen molar-refractivity contribution in [3.05, 3.63) is 50.6 Å². The summed E-state index contributed by atoms with van der Waals surface area (Å²) in [7, 11) is 0. The number of nitrogens with one attached hydrogen (secondary N) is 1. The summed E-state index contributed by atoms with van der Waals surface area (Å²) < 4.78 is 0.946. The highest BCUT2D eigenvalue weighted by Crippen LogP contribution is 2.23. The average Bonchev–Trinajstić information content (AvgIpc) is 3.01. The van der Waals surface area contributed by atoms with E-state index in [1.807, 2.05) is 43.3 Å². The molecule has 2 heterocycles. The highest BCUT2D eigenvalue weighted by atomic mass is 79.9. The molecule has 0 radical (unpaired) electrons. The molecule has 0 aliphatic carbocycles. The van der Waals surface area contributed by atoms with Crippen LogP contribution in [0, 0.1) is 6.92 Å². The number of nitrogens with zero attached hydrogens (tertiary/aromatic N) is 2. The molecule has 1 aromatic heterocycles. The Kier molecular flexibility index (Phi) is 5.20. The van der Waals surface area contributed by atoms with Crippen LogP contribution >= 0.6 is 27.3 Å². The lowest BCUT2D eigenvalue weighted by molar-refractivity contribution is 0.0676. The molecule has 0 saturated carbocycles. The molecule has 126 valence electrons. The first kappa shape index (κ1) is 17.0. The number of carbonyl (C=O) groups excluding carboxylic acids is 2. The van der Waals surface area contributed by atoms with E-state index in [2.05, 4.69) is 21.2 Å². The Morgan fingerprint density at radius 2 is 1.79 bits per heavy atom. The second-order valence-corrected chi connectivity index (χ2v) is 8.15. The fourth-order valence-electron chi connectivity index (χ4n) is 2.62. The van der Waals surface area contributed by atoms with E-state index < -0.39 is 0 Å². The van der Waals surface area contributed by atoms with Gasteiger partial charge in [-0.3, -0.25) is 4.79 Å². The van der Waals surface area contributed by atoms with E-state index in [0.29, 0.717) is 26.2 Å². The van der Waals surface area contributed by atoms with E-state index in [1.54, 1.807) is 9.80 Å². The van der Waals surface area contributed by atoms with Gasteiger partial charge in [0.2, 0.25) is 0 Å². The van der Waals surface area contributed by atoms with E-state index in [9.17, 15) is 9.59 Å². The predicted molar refractivity (Wildman–Crippen MR) is 99.7 cm³/mol. The molecular weight excluding hydrogens is 390 g/mol. The predicted octanol–water partition coefficient (Wildman–Crippen LogP) is 3.81. The molecule has 1 saturated heterocycles. The van der Waals surface area contributed by atoms with Gasteiger partial charge in [-0.15, -0.1) is 11.3 Å². The number of amides is 3. The van der Waals surface area contributed by atoms with E-state index in [4.69, 9.17) is 0 Å². The first-order chi connectivity index (χ1) is 11.5. The summed E-state index contributed by atoms with van der Waals surface area (Å²) in [6.07, 6.45) is 0. The first-order valence-electron chi connectivity index (χ1n) is 7.70. The number of thiophene rings is 1. The molecule has 0 atom stereocenters. The number of anilines is 1. The van der Waals surface area contributed by atoms with Gasteiger partial charge in [0.25, 0.3) is 5.91 Å². The standard InChI is InChI=1S/C17H18BrN3O2S/c1-12-3-2-4-13(11-12)19-17(23)21-9-7-20(8-10-21)16(22)14-5-6-15(18)24-14/h2-6,11H,7-10H2,1H3,(H,19,23). The third-order valence-electron chi connectivity index (χ3n) is 3.91. The van der Waals surface area contributed by atoms with Gasteiger partial charge >= 0.3 is 6.03 Å². The lowest BCUT2D eigenvalue weighted by Crippen LogP contribution is -2.51. The van der Waals surface area contributed by atoms with Crippen molar-refractivity contribution < 1.29 is 9.59 Å². The van der Waals surface area contributed by atoms with Crippen LogP contribution in [0.1, 0.15) is 15.2 Å². The van der Waals surface area contributed by atoms with Crippen molar-refractivity contribution in [3.63, 3.8) is 0 Å². The van der Waals surface area contributed by atoms with E-state index in [0.717, 1.165) is 19.9 Å². The maximum absolute atomic E-state index is 12.4. The minimum Gasteiger partial charge on any atom is -0.334 e. The molecular formula is C17H18BrN3O2S. The van der Waals surface area contributed by atoms with Crippen LogP contribution in [0.15, 0.2) is 40.2 Å². The smallest absolute Gasteiger partial charge is 0.321 e. The second kappa shape index (κ2) is 7.36. The topological polar surface area (TPSA) is 52.7 Å². The summed E-state index contributed by atoms with van der Waals surface area (Å²) in [4.78, 5) is 29.0. The zero-order valence-electron chi connectivity index (χ0n) is 13.3. The maximum Gasteiger partial charge on any atom is 0.321 e. The average molecular weight is 408 g/mol. The fourth-order valence-corrected chi connectivity index (χ4v) is 3.98. The largest absolute Gasteiger partial charge is 0.334 e. The minimum absolute atomic E-state index is 0.0319. The van der Waals surface area contributed by atoms with Gasteiger partial charge in [-0.05, 0) is 52.7 Å². The van der Waals surface area contributed by atoms with Gasteiger partial charge in [0.05, 0.1) is 8.66 Å². The zero-order valence-corrected chi connectivity index (χ0v) is 15.7. The number of hydrogen-bond acceptors (Lipinski definition) is 3. The number of benzene rings is 1. The molecule has 0 spiro atoms. The number of urea groups is 1. The van der Waals surface area contributed by atoms with Crippen LogP contribution in [-0.4, -0.2) is 47.9 Å². The number of carbonyl (C=O) groups is 2. The Bertz CT molecular complexity index is 754. The second-order valence-electron chi connectivity index (χ2n) is 5.68. The summed E-state index contributed by atoms with van der Waals surface area (Å²) in [5.74, 6) is 0.0319. The fraction of sp³-hybridized carbons (Fsp3) is 0.294. The monoisotopic (exact) mass is 407 g/mol. The molecule has 0 unspecified atom stereocenters. The molecule has 1 aliphatic rings. The van der Waals surface area contributed by atoms with Crippen molar-refractivity contribution in [2.45, 2.75) is 6.92 Å². The molecule has 1 aliphatic heterocycles. The van der Waals surface area contributed by atoms with Crippen molar-refractivity contribution in [3.8, 4) is 0 Å². The van der Waals surface area contributed by atoms with Gasteiger partial charge in [0.15, 0.2) is 0 Å². The van der Waals surface area contributed by atoms with E-state index >= 15 is 0 Å². The molecule has 1 aromatic carbocycles. The van der Waals surface area contributed by atoms with Crippen LogP contribution < -0.4 is 5.32 Å². The molecule has 24 heavy (non-hydrogen) atoms. The summed E-state index contributed by atoms with van der Waals surface area (Å²) in [5.41, 5.74) is 1.90. The summed E-state index contributed by atoms with van der Waals surface area (Å²) in [6.45, 7) is 4.17. The van der Waals surface area contributed by atoms with E-state index in [-0.39, 0.29) is 11.9 Å². The highest BCUT2D eigenvalue weighted by Gasteiger charge is 2.25. The van der Waals surface area contributed by atoms with Crippen molar-refractivity contribution in [1.82, 2.24) is 9.80 Å². The van der Waals surface area contributed by atoms with Gasteiger partial charge in [-0.1, -0.05) is 12.1 Å². The number of hydrogen-bond donors (Lipinski definition) is 1. The van der Waals surface area contributed by atoms with Gasteiger partial charge in [0, 0.05) is 31.9 Å². The summed E-state index contributed by atoms with van der Waals surface area (Å²) >= 11 is 4.81. The van der Waals surface area contributed by atoms with Gasteiger partial charge in [-0.2, -0.15) is 0 Å². The lowest BCUT2D eigenvalue weighted by Gasteiger charge is -2.34. The van der Waals surface area contributed by atoms with Crippen LogP contribution in [0.3, 0.4) is 0 Å². The number of rotatable bonds is 2. The van der Waals surface area contributed by atoms with Gasteiger partial charge < -0.3 is 15.1 Å². The van der Waals surface area contributed by atoms with Gasteiger partial charge in [0.1, 0.15) is 0 Å². The number of aryl methyl sites for hydroxylation is 1. The highest BCUT2D eigenvalue weighted by molar-refractivity contribution is 9.11. The molecule has 3 rings (SSSR count). The molecule has 0 bridgehead atoms. The Morgan fingerprint density at radius 3 is 2.42 bits per heavy atom. The third-order valence-corrected chi connectivity index (χ3v) is 5.52. The van der Waals surface area contributed by atoms with Crippen LogP contribution in [0.25, 0.3) is 0 Å². The van der Waals surface area contributed by atoms with Crippen LogP contribution in [0.5, 0.6) is 0 Å². The Labute approximate surface area is 153 Å². The Morgan fingerprint density at radius 1 is 1.08 bits per heavy atom. The zero-order chi connectivity index (χ0) is 17.1. The van der Waals surface area contributed by atoms with Crippen molar-refractivity contribution in [1.29, 1.82) is 0 Å². The van der Waals surface area contributed by atoms with Crippen molar-refractivity contribution in [2.24, 2.45) is 0 Å². The Balaban J connectivity index is 1.54. The van der Waals surface area contributed by atoms with Crippen molar-refractivity contribution >= 4 is 44.9 Å². The minimum atomic E-state index is -0.119. The normalized spacial score (nSPS) is 14.6. The van der Waals surface area contributed by atoms with Crippen molar-refractivity contribution in [2.75, 3.05) is 31.5 Å². The summed E-state index contributed by atoms with van der Waals surface area (Å²) in [6, 6.07) is 11.3. The molecule has 1 fully saturated rings. The SMILES string of the molecule is Cc1cccc(NC(=O)N2CCN(C(=O)c3ccc(Br)s3)CC2)c1. The van der Waals surface area contributed by atoms with E-state index in [1.165, 1.54) is 11.3 Å². The van der Waals surface area contributed by atoms with Crippen LogP contribution in [0.4, 0.5) is 10.5 Å². The third kappa shape index (κ3) is 3.96. The Hall–Kier alpha value is -1.86. The molecule has 7 heteroatoms. The lowest BCUT2D eigenvalue weighted by atomic mass is 10.2. The molecule has 1 N–H and O–H groups in total. The number of piperazine rings is 1. The maximum atomic E-state index is 12.4. The molecule has 5 nitrogen and oxygen atoms in total. The van der Waals surface area contributed by atoms with Crippen LogP contribution in [-0.2, 0) is 0 Å².